The molecule has 0 amide bonds. The van der Waals surface area contributed by atoms with Crippen LogP contribution in [0.15, 0.2) is 12.2 Å². The van der Waals surface area contributed by atoms with Gasteiger partial charge in [-0.3, -0.25) is 14.4 Å². The predicted molar refractivity (Wildman–Crippen MR) is 358 cm³/mol. The molecule has 1 unspecified atom stereocenters. The number of allylic oxidation sites excluding steroid dienone is 2. The summed E-state index contributed by atoms with van der Waals surface area (Å²) in [5.41, 5.74) is 0. The summed E-state index contributed by atoms with van der Waals surface area (Å²) >= 11 is 0. The van der Waals surface area contributed by atoms with Gasteiger partial charge in [0.25, 0.3) is 0 Å². The Labute approximate surface area is 513 Å². The maximum absolute atomic E-state index is 13.0. The van der Waals surface area contributed by atoms with Crippen LogP contribution in [0.4, 0.5) is 0 Å². The van der Waals surface area contributed by atoms with Gasteiger partial charge in [0, 0.05) is 19.3 Å². The van der Waals surface area contributed by atoms with Gasteiger partial charge in [0.15, 0.2) is 6.10 Å². The predicted octanol–water partition coefficient (Wildman–Crippen LogP) is 26.0. The van der Waals surface area contributed by atoms with Gasteiger partial charge in [0.2, 0.25) is 0 Å². The highest BCUT2D eigenvalue weighted by molar-refractivity contribution is 5.71. The number of carbonyl (C=O) groups is 3. The van der Waals surface area contributed by atoms with Crippen molar-refractivity contribution in [1.82, 2.24) is 0 Å². The van der Waals surface area contributed by atoms with Crippen LogP contribution in [0.3, 0.4) is 0 Å². The Morgan fingerprint density at radius 3 is 0.610 bits per heavy atom. The van der Waals surface area contributed by atoms with Gasteiger partial charge in [-0.1, -0.05) is 386 Å². The fourth-order valence-electron chi connectivity index (χ4n) is 11.9. The van der Waals surface area contributed by atoms with Crippen molar-refractivity contribution in [2.24, 2.45) is 0 Å². The van der Waals surface area contributed by atoms with E-state index in [1.54, 1.807) is 0 Å². The van der Waals surface area contributed by atoms with Crippen LogP contribution in [-0.2, 0) is 28.6 Å². The zero-order chi connectivity index (χ0) is 59.2. The highest BCUT2D eigenvalue weighted by Crippen LogP contribution is 2.20. The molecule has 0 fully saturated rings. The molecule has 1 atom stereocenters. The molecule has 0 aromatic carbocycles. The fourth-order valence-corrected chi connectivity index (χ4v) is 11.9. The third kappa shape index (κ3) is 68.9. The van der Waals surface area contributed by atoms with Gasteiger partial charge < -0.3 is 14.2 Å². The Bertz CT molecular complexity index is 1280. The number of unbranched alkanes of at least 4 members (excludes halogenated alkanes) is 58. The molecule has 6 nitrogen and oxygen atoms in total. The molecule has 0 aliphatic carbocycles. The number of ether oxygens (including phenoxy) is 3. The third-order valence-corrected chi connectivity index (χ3v) is 17.5. The average Bonchev–Trinajstić information content (AvgIpc) is 3.47. The van der Waals surface area contributed by atoms with E-state index in [0.717, 1.165) is 64.2 Å². The Morgan fingerprint density at radius 2 is 0.402 bits per heavy atom. The van der Waals surface area contributed by atoms with Gasteiger partial charge in [0.05, 0.1) is 0 Å². The molecule has 0 heterocycles. The van der Waals surface area contributed by atoms with Crippen LogP contribution in [0.5, 0.6) is 0 Å². The molecular weight excluding hydrogens is 1010 g/mol. The third-order valence-electron chi connectivity index (χ3n) is 17.5. The summed E-state index contributed by atoms with van der Waals surface area (Å²) in [7, 11) is 0. The number of esters is 3. The fraction of sp³-hybridized carbons (Fsp3) is 0.934. The molecule has 0 saturated carbocycles. The average molecular weight is 1160 g/mol. The van der Waals surface area contributed by atoms with Crippen molar-refractivity contribution in [3.8, 4) is 0 Å². The van der Waals surface area contributed by atoms with E-state index in [9.17, 15) is 14.4 Å². The second kappa shape index (κ2) is 71.6. The van der Waals surface area contributed by atoms with Gasteiger partial charge in [-0.05, 0) is 44.9 Å². The van der Waals surface area contributed by atoms with Crippen LogP contribution in [0, 0.1) is 0 Å². The lowest BCUT2D eigenvalue weighted by atomic mass is 10.0. The van der Waals surface area contributed by atoms with Crippen molar-refractivity contribution in [3.63, 3.8) is 0 Å². The van der Waals surface area contributed by atoms with Crippen LogP contribution >= 0.6 is 0 Å². The lowest BCUT2D eigenvalue weighted by Gasteiger charge is -2.18. The summed E-state index contributed by atoms with van der Waals surface area (Å²) in [6.07, 6.45) is 86.9. The second-order valence-corrected chi connectivity index (χ2v) is 25.9. The summed E-state index contributed by atoms with van der Waals surface area (Å²) in [6, 6.07) is 0. The first-order valence-electron chi connectivity index (χ1n) is 37.7. The number of carbonyl (C=O) groups excluding carboxylic acids is 3. The molecule has 0 rings (SSSR count). The lowest BCUT2D eigenvalue weighted by molar-refractivity contribution is -0.167. The van der Waals surface area contributed by atoms with E-state index in [1.165, 1.54) is 334 Å². The number of rotatable bonds is 71. The van der Waals surface area contributed by atoms with Crippen molar-refractivity contribution in [1.29, 1.82) is 0 Å². The minimum Gasteiger partial charge on any atom is -0.462 e. The van der Waals surface area contributed by atoms with E-state index in [4.69, 9.17) is 14.2 Å². The summed E-state index contributed by atoms with van der Waals surface area (Å²) in [5.74, 6) is -0.836. The van der Waals surface area contributed by atoms with Crippen molar-refractivity contribution < 1.29 is 28.6 Å². The van der Waals surface area contributed by atoms with E-state index in [-0.39, 0.29) is 31.1 Å². The van der Waals surface area contributed by atoms with Crippen LogP contribution < -0.4 is 0 Å². The molecule has 0 bridgehead atoms. The Morgan fingerprint density at radius 1 is 0.232 bits per heavy atom. The van der Waals surface area contributed by atoms with Crippen molar-refractivity contribution in [3.05, 3.63) is 12.2 Å². The van der Waals surface area contributed by atoms with E-state index < -0.39 is 6.10 Å². The molecule has 486 valence electrons. The second-order valence-electron chi connectivity index (χ2n) is 25.9. The van der Waals surface area contributed by atoms with Crippen LogP contribution in [0.2, 0.25) is 0 Å². The van der Waals surface area contributed by atoms with Crippen molar-refractivity contribution >= 4 is 17.9 Å². The molecule has 82 heavy (non-hydrogen) atoms. The van der Waals surface area contributed by atoms with E-state index in [0.29, 0.717) is 19.3 Å². The maximum Gasteiger partial charge on any atom is 0.306 e. The first-order chi connectivity index (χ1) is 40.5. The Hall–Kier alpha value is -1.85. The number of hydrogen-bond donors (Lipinski definition) is 0. The minimum atomic E-state index is -0.770. The lowest BCUT2D eigenvalue weighted by Crippen LogP contribution is -2.30. The molecule has 6 heteroatoms. The molecule has 0 N–H and O–H groups in total. The monoisotopic (exact) mass is 1160 g/mol. The quantitative estimate of drug-likeness (QED) is 0.0261. The topological polar surface area (TPSA) is 78.9 Å². The molecule has 0 radical (unpaired) electrons. The zero-order valence-corrected chi connectivity index (χ0v) is 56.1. The molecule has 0 aliphatic rings. The van der Waals surface area contributed by atoms with Crippen LogP contribution in [0.25, 0.3) is 0 Å². The van der Waals surface area contributed by atoms with Gasteiger partial charge in [-0.15, -0.1) is 0 Å². The smallest absolute Gasteiger partial charge is 0.306 e. The van der Waals surface area contributed by atoms with Crippen LogP contribution in [-0.4, -0.2) is 37.2 Å². The van der Waals surface area contributed by atoms with Crippen molar-refractivity contribution in [2.45, 2.75) is 444 Å². The largest absolute Gasteiger partial charge is 0.462 e. The normalized spacial score (nSPS) is 12.0. The Kier molecular flexibility index (Phi) is 70.0. The van der Waals surface area contributed by atoms with Crippen LogP contribution in [0.1, 0.15) is 438 Å². The van der Waals surface area contributed by atoms with Gasteiger partial charge >= 0.3 is 17.9 Å². The molecule has 0 spiro atoms. The first-order valence-corrected chi connectivity index (χ1v) is 37.7. The summed E-state index contributed by atoms with van der Waals surface area (Å²) < 4.78 is 17.0. The van der Waals surface area contributed by atoms with Crippen molar-refractivity contribution in [2.75, 3.05) is 13.2 Å². The molecule has 0 aliphatic heterocycles. The Balaban J connectivity index is 4.17. The minimum absolute atomic E-state index is 0.0654. The number of hydrogen-bond acceptors (Lipinski definition) is 6. The van der Waals surface area contributed by atoms with E-state index in [1.807, 2.05) is 0 Å². The molecular formula is C76H146O6. The van der Waals surface area contributed by atoms with E-state index >= 15 is 0 Å². The molecule has 0 aromatic heterocycles. The highest BCUT2D eigenvalue weighted by Gasteiger charge is 2.20. The van der Waals surface area contributed by atoms with E-state index in [2.05, 4.69) is 32.9 Å². The zero-order valence-electron chi connectivity index (χ0n) is 56.1. The summed E-state index contributed by atoms with van der Waals surface area (Å²) in [6.45, 7) is 6.73. The molecule has 0 aromatic rings. The van der Waals surface area contributed by atoms with Gasteiger partial charge in [-0.25, -0.2) is 0 Å². The van der Waals surface area contributed by atoms with Gasteiger partial charge in [-0.2, -0.15) is 0 Å². The first kappa shape index (κ1) is 80.2. The SMILES string of the molecule is CCCCCCCCC/C=C\CCCCCCCC(=O)OCC(COC(=O)CCCCCCCCCCCCCCCCCCCCCCCCCCCCCCCC)OC(=O)CCCCCCCCCCCCCCCCCCCC. The standard InChI is InChI=1S/C76H146O6/c1-4-7-10-13-16-19-22-25-28-31-33-34-35-36-37-38-39-40-41-42-43-44-46-48-51-54-57-60-63-66-69-75(78)81-72-73(71-80-74(77)68-65-62-59-56-53-50-47-30-27-24-21-18-15-12-9-6-3)82-76(79)70-67-64-61-58-55-52-49-45-32-29-26-23-20-17-14-11-8-5-2/h30,47,73H,4-29,31-46,48-72H2,1-3H3/b47-30-. The highest BCUT2D eigenvalue weighted by atomic mass is 16.6. The molecule has 0 saturated heterocycles. The summed E-state index contributed by atoms with van der Waals surface area (Å²) in [4.78, 5) is 38.5. The maximum atomic E-state index is 13.0. The summed E-state index contributed by atoms with van der Waals surface area (Å²) in [5, 5.41) is 0. The van der Waals surface area contributed by atoms with Gasteiger partial charge in [0.1, 0.15) is 13.2 Å².